The van der Waals surface area contributed by atoms with E-state index < -0.39 is 11.9 Å². The first kappa shape index (κ1) is 16.2. The fourth-order valence-corrected chi connectivity index (χ4v) is 2.42. The molecule has 2 N–H and O–H groups in total. The molecule has 0 bridgehead atoms. The third-order valence-electron chi connectivity index (χ3n) is 3.77. The fraction of sp³-hybridized carbons (Fsp3) is 0.500. The van der Waals surface area contributed by atoms with Gasteiger partial charge in [-0.1, -0.05) is 44.4 Å². The van der Waals surface area contributed by atoms with Crippen molar-refractivity contribution in [2.45, 2.75) is 39.0 Å². The molecule has 0 radical (unpaired) electrons. The van der Waals surface area contributed by atoms with E-state index in [1.807, 2.05) is 6.92 Å². The number of carboxylic acid groups (broad SMARTS) is 2. The van der Waals surface area contributed by atoms with Gasteiger partial charge in [-0.05, 0) is 30.9 Å². The zero-order chi connectivity index (χ0) is 15.0. The number of benzene rings is 1. The van der Waals surface area contributed by atoms with E-state index >= 15 is 0 Å². The summed E-state index contributed by atoms with van der Waals surface area (Å²) in [6.07, 6.45) is 5.98. The number of carbonyl (C=O) groups is 2. The van der Waals surface area contributed by atoms with Crippen molar-refractivity contribution in [3.63, 3.8) is 0 Å². The third-order valence-corrected chi connectivity index (χ3v) is 3.77. The molecule has 1 aliphatic rings. The number of carboxylic acids is 2. The predicted molar refractivity (Wildman–Crippen MR) is 76.8 cm³/mol. The summed E-state index contributed by atoms with van der Waals surface area (Å²) < 4.78 is 0. The molecule has 0 spiro atoms. The maximum Gasteiger partial charge on any atom is 0.335 e. The highest BCUT2D eigenvalue weighted by Gasteiger charge is 2.24. The summed E-state index contributed by atoms with van der Waals surface area (Å²) in [4.78, 5) is 20.8. The van der Waals surface area contributed by atoms with E-state index in [2.05, 4.69) is 0 Å². The Hall–Kier alpha value is -1.84. The Labute approximate surface area is 119 Å². The van der Waals surface area contributed by atoms with Crippen LogP contribution in [-0.4, -0.2) is 22.2 Å². The maximum absolute atomic E-state index is 10.6. The van der Waals surface area contributed by atoms with Crippen molar-refractivity contribution < 1.29 is 19.8 Å². The second-order valence-corrected chi connectivity index (χ2v) is 5.20. The molecule has 0 aliphatic heterocycles. The van der Waals surface area contributed by atoms with E-state index in [0.29, 0.717) is 11.5 Å². The van der Waals surface area contributed by atoms with Crippen molar-refractivity contribution in [1.29, 1.82) is 0 Å². The van der Waals surface area contributed by atoms with Gasteiger partial charge in [0.15, 0.2) is 0 Å². The molecule has 1 aromatic carbocycles. The van der Waals surface area contributed by atoms with Gasteiger partial charge < -0.3 is 10.2 Å². The molecule has 4 nitrogen and oxygen atoms in total. The highest BCUT2D eigenvalue weighted by Crippen LogP contribution is 2.29. The average Bonchev–Trinajstić information content (AvgIpc) is 2.49. The summed E-state index contributed by atoms with van der Waals surface area (Å²) in [6.45, 7) is 1.83. The summed E-state index contributed by atoms with van der Waals surface area (Å²) in [6, 6.07) is 8.30. The van der Waals surface area contributed by atoms with Gasteiger partial charge in [-0.2, -0.15) is 0 Å². The highest BCUT2D eigenvalue weighted by molar-refractivity contribution is 5.87. The molecule has 0 amide bonds. The first-order chi connectivity index (χ1) is 9.52. The summed E-state index contributed by atoms with van der Waals surface area (Å²) in [7, 11) is 0. The molecular formula is C16H22O4. The molecule has 1 unspecified atom stereocenters. The average molecular weight is 278 g/mol. The Morgan fingerprint density at radius 3 is 2.00 bits per heavy atom. The number of hydrogen-bond donors (Lipinski definition) is 2. The van der Waals surface area contributed by atoms with E-state index in [-0.39, 0.29) is 5.92 Å². The van der Waals surface area contributed by atoms with Crippen LogP contribution in [0, 0.1) is 11.8 Å². The van der Waals surface area contributed by atoms with Crippen LogP contribution in [0.1, 0.15) is 49.4 Å². The van der Waals surface area contributed by atoms with Gasteiger partial charge in [0.05, 0.1) is 11.5 Å². The van der Waals surface area contributed by atoms with E-state index in [4.69, 9.17) is 10.2 Å². The summed E-state index contributed by atoms with van der Waals surface area (Å²) in [5.41, 5.74) is 0.331. The van der Waals surface area contributed by atoms with Crippen LogP contribution in [0.25, 0.3) is 0 Å². The number of rotatable bonds is 3. The lowest BCUT2D eigenvalue weighted by Gasteiger charge is -2.24. The van der Waals surface area contributed by atoms with Crippen LogP contribution in [-0.2, 0) is 4.79 Å². The van der Waals surface area contributed by atoms with Crippen molar-refractivity contribution >= 4 is 11.9 Å². The first-order valence-corrected chi connectivity index (χ1v) is 7.03. The van der Waals surface area contributed by atoms with Gasteiger partial charge in [-0.15, -0.1) is 0 Å². The SMILES string of the molecule is CC(C(=O)O)C1CCCCC1.O=C(O)c1ccccc1. The fourth-order valence-electron chi connectivity index (χ4n) is 2.42. The smallest absolute Gasteiger partial charge is 0.335 e. The van der Waals surface area contributed by atoms with Crippen LogP contribution < -0.4 is 0 Å². The zero-order valence-corrected chi connectivity index (χ0v) is 11.8. The largest absolute Gasteiger partial charge is 0.481 e. The van der Waals surface area contributed by atoms with Crippen molar-refractivity contribution in [2.75, 3.05) is 0 Å². The van der Waals surface area contributed by atoms with E-state index in [9.17, 15) is 9.59 Å². The molecule has 110 valence electrons. The lowest BCUT2D eigenvalue weighted by molar-refractivity contribution is -0.143. The van der Waals surface area contributed by atoms with E-state index in [1.54, 1.807) is 30.3 Å². The predicted octanol–water partition coefficient (Wildman–Crippen LogP) is 3.67. The molecule has 1 atom stereocenters. The Morgan fingerprint density at radius 2 is 1.60 bits per heavy atom. The summed E-state index contributed by atoms with van der Waals surface area (Å²) >= 11 is 0. The molecule has 1 aromatic rings. The summed E-state index contributed by atoms with van der Waals surface area (Å²) in [5.74, 6) is -1.19. The number of hydrogen-bond acceptors (Lipinski definition) is 2. The quantitative estimate of drug-likeness (QED) is 0.884. The van der Waals surface area contributed by atoms with Crippen molar-refractivity contribution in [3.05, 3.63) is 35.9 Å². The third kappa shape index (κ3) is 5.43. The van der Waals surface area contributed by atoms with E-state index in [0.717, 1.165) is 12.8 Å². The molecule has 4 heteroatoms. The van der Waals surface area contributed by atoms with Crippen molar-refractivity contribution in [3.8, 4) is 0 Å². The molecule has 20 heavy (non-hydrogen) atoms. The first-order valence-electron chi connectivity index (χ1n) is 7.03. The van der Waals surface area contributed by atoms with Gasteiger partial charge in [0.2, 0.25) is 0 Å². The number of aromatic carboxylic acids is 1. The molecule has 0 saturated heterocycles. The molecular weight excluding hydrogens is 256 g/mol. The van der Waals surface area contributed by atoms with Crippen LogP contribution in [0.2, 0.25) is 0 Å². The second kappa shape index (κ2) is 8.35. The molecule has 1 saturated carbocycles. The van der Waals surface area contributed by atoms with Crippen molar-refractivity contribution in [2.24, 2.45) is 11.8 Å². The van der Waals surface area contributed by atoms with Crippen LogP contribution in [0.5, 0.6) is 0 Å². The lowest BCUT2D eigenvalue weighted by Crippen LogP contribution is -2.22. The lowest BCUT2D eigenvalue weighted by atomic mass is 9.81. The monoisotopic (exact) mass is 278 g/mol. The summed E-state index contributed by atoms with van der Waals surface area (Å²) in [5, 5.41) is 17.1. The number of aliphatic carboxylic acids is 1. The molecule has 2 rings (SSSR count). The van der Waals surface area contributed by atoms with Gasteiger partial charge in [-0.25, -0.2) is 4.79 Å². The Kier molecular flexibility index (Phi) is 6.77. The van der Waals surface area contributed by atoms with Gasteiger partial charge >= 0.3 is 11.9 Å². The van der Waals surface area contributed by atoms with Crippen molar-refractivity contribution in [1.82, 2.24) is 0 Å². The van der Waals surface area contributed by atoms with Crippen LogP contribution >= 0.6 is 0 Å². The minimum Gasteiger partial charge on any atom is -0.481 e. The minimum atomic E-state index is -0.879. The Balaban J connectivity index is 0.000000204. The zero-order valence-electron chi connectivity index (χ0n) is 11.8. The normalized spacial score (nSPS) is 16.6. The van der Waals surface area contributed by atoms with Crippen LogP contribution in [0.15, 0.2) is 30.3 Å². The molecule has 0 aromatic heterocycles. The molecule has 0 heterocycles. The molecule has 1 aliphatic carbocycles. The van der Waals surface area contributed by atoms with Gasteiger partial charge in [-0.3, -0.25) is 4.79 Å². The van der Waals surface area contributed by atoms with Gasteiger partial charge in [0.1, 0.15) is 0 Å². The van der Waals surface area contributed by atoms with Crippen LogP contribution in [0.3, 0.4) is 0 Å². The molecule has 1 fully saturated rings. The topological polar surface area (TPSA) is 74.6 Å². The minimum absolute atomic E-state index is 0.129. The maximum atomic E-state index is 10.6. The Morgan fingerprint density at radius 1 is 1.05 bits per heavy atom. The standard InChI is InChI=1S/C9H16O2.C7H6O2/c1-7(9(10)11)8-5-3-2-4-6-8;8-7(9)6-4-2-1-3-5-6/h7-8H,2-6H2,1H3,(H,10,11);1-5H,(H,8,9). The highest BCUT2D eigenvalue weighted by atomic mass is 16.4. The van der Waals surface area contributed by atoms with Gasteiger partial charge in [0.25, 0.3) is 0 Å². The van der Waals surface area contributed by atoms with Gasteiger partial charge in [0, 0.05) is 0 Å². The van der Waals surface area contributed by atoms with Crippen LogP contribution in [0.4, 0.5) is 0 Å². The Bertz CT molecular complexity index is 421. The van der Waals surface area contributed by atoms with E-state index in [1.165, 1.54) is 19.3 Å². The second-order valence-electron chi connectivity index (χ2n) is 5.20.